The summed E-state index contributed by atoms with van der Waals surface area (Å²) >= 11 is 0. The molecule has 0 aromatic heterocycles. The van der Waals surface area contributed by atoms with Gasteiger partial charge in [-0.05, 0) is 11.8 Å². The van der Waals surface area contributed by atoms with Crippen molar-refractivity contribution in [3.8, 4) is 0 Å². The number of hydrogen-bond donors (Lipinski definition) is 0. The third-order valence-corrected chi connectivity index (χ3v) is 2.13. The molecule has 0 saturated heterocycles. The zero-order valence-corrected chi connectivity index (χ0v) is 7.97. The van der Waals surface area contributed by atoms with Crippen molar-refractivity contribution in [3.63, 3.8) is 0 Å². The summed E-state index contributed by atoms with van der Waals surface area (Å²) in [4.78, 5) is 0. The minimum absolute atomic E-state index is 0.00926. The Balaban J connectivity index is 2.88. The quantitative estimate of drug-likeness (QED) is 0.601. The number of hydrogen-bond acceptors (Lipinski definition) is 2. The van der Waals surface area contributed by atoms with Gasteiger partial charge in [0.2, 0.25) is 0 Å². The van der Waals surface area contributed by atoms with Gasteiger partial charge in [0.15, 0.2) is 0 Å². The van der Waals surface area contributed by atoms with Gasteiger partial charge in [0.25, 0.3) is 0 Å². The van der Waals surface area contributed by atoms with Gasteiger partial charge in [0.05, 0.1) is 0 Å². The van der Waals surface area contributed by atoms with Crippen molar-refractivity contribution < 1.29 is 10.2 Å². The van der Waals surface area contributed by atoms with E-state index in [0.29, 0.717) is 11.1 Å². The Morgan fingerprint density at radius 2 is 1.00 bits per heavy atom. The molecule has 0 atom stereocenters. The second kappa shape index (κ2) is 2.85. The Bertz CT molecular complexity index is 218. The SMILES string of the molecule is CC(C)C1=C([O-])C(C(C)C)=C1[O-]. The molecule has 0 N–H and O–H groups in total. The van der Waals surface area contributed by atoms with E-state index in [9.17, 15) is 10.2 Å². The minimum atomic E-state index is -0.00926. The van der Waals surface area contributed by atoms with Crippen LogP contribution in [0.15, 0.2) is 22.7 Å². The highest BCUT2D eigenvalue weighted by Gasteiger charge is 2.19. The van der Waals surface area contributed by atoms with E-state index in [1.165, 1.54) is 0 Å². The molecule has 1 aliphatic carbocycles. The molecule has 2 heteroatoms. The molecule has 2 nitrogen and oxygen atoms in total. The van der Waals surface area contributed by atoms with E-state index in [1.54, 1.807) is 0 Å². The summed E-state index contributed by atoms with van der Waals surface area (Å²) in [5, 5.41) is 22.7. The van der Waals surface area contributed by atoms with E-state index in [1.807, 2.05) is 27.7 Å². The van der Waals surface area contributed by atoms with Crippen LogP contribution < -0.4 is 10.2 Å². The van der Waals surface area contributed by atoms with Crippen molar-refractivity contribution in [2.45, 2.75) is 27.7 Å². The van der Waals surface area contributed by atoms with Crippen molar-refractivity contribution in [1.82, 2.24) is 0 Å². The average molecular weight is 166 g/mol. The van der Waals surface area contributed by atoms with Gasteiger partial charge in [-0.25, -0.2) is 0 Å². The molecule has 0 spiro atoms. The van der Waals surface area contributed by atoms with Crippen molar-refractivity contribution in [1.29, 1.82) is 0 Å². The molecular formula is C10H14O2-2. The fourth-order valence-corrected chi connectivity index (χ4v) is 1.48. The molecule has 12 heavy (non-hydrogen) atoms. The molecule has 0 amide bonds. The molecule has 0 fully saturated rings. The molecule has 0 unspecified atom stereocenters. The highest BCUT2D eigenvalue weighted by atomic mass is 16.3. The molecule has 0 aliphatic heterocycles. The van der Waals surface area contributed by atoms with Gasteiger partial charge in [0.1, 0.15) is 0 Å². The molecule has 0 saturated carbocycles. The first-order valence-electron chi connectivity index (χ1n) is 4.29. The van der Waals surface area contributed by atoms with Crippen LogP contribution in [-0.2, 0) is 0 Å². The molecule has 1 aliphatic rings. The highest BCUT2D eigenvalue weighted by molar-refractivity contribution is 5.52. The van der Waals surface area contributed by atoms with Crippen molar-refractivity contribution in [3.05, 3.63) is 22.7 Å². The second-order valence-electron chi connectivity index (χ2n) is 3.79. The Labute approximate surface area is 73.2 Å². The first kappa shape index (κ1) is 9.17. The highest BCUT2D eigenvalue weighted by Crippen LogP contribution is 2.36. The van der Waals surface area contributed by atoms with Crippen LogP contribution in [0, 0.1) is 11.8 Å². The van der Waals surface area contributed by atoms with Crippen LogP contribution >= 0.6 is 0 Å². The standard InChI is InChI=1S/C10H16O2/c1-5(2)7-9(11)8(6(3)4)10(7)12/h5-6,11-12H,1-4H3/p-2. The van der Waals surface area contributed by atoms with Crippen LogP contribution in [0.1, 0.15) is 27.7 Å². The Morgan fingerprint density at radius 1 is 0.750 bits per heavy atom. The fraction of sp³-hybridized carbons (Fsp3) is 0.600. The topological polar surface area (TPSA) is 46.1 Å². The maximum Gasteiger partial charge on any atom is -0.0231 e. The molecule has 0 bridgehead atoms. The summed E-state index contributed by atoms with van der Waals surface area (Å²) in [6.07, 6.45) is 0. The summed E-state index contributed by atoms with van der Waals surface area (Å²) in [6, 6.07) is 0. The first-order valence-corrected chi connectivity index (χ1v) is 4.29. The molecule has 0 aromatic carbocycles. The summed E-state index contributed by atoms with van der Waals surface area (Å²) in [6.45, 7) is 7.51. The minimum Gasteiger partial charge on any atom is -0.872 e. The zero-order valence-electron chi connectivity index (χ0n) is 7.97. The van der Waals surface area contributed by atoms with Crippen molar-refractivity contribution in [2.24, 2.45) is 11.8 Å². The van der Waals surface area contributed by atoms with E-state index in [-0.39, 0.29) is 23.4 Å². The Hall–Kier alpha value is -0.920. The van der Waals surface area contributed by atoms with E-state index >= 15 is 0 Å². The van der Waals surface area contributed by atoms with E-state index in [4.69, 9.17) is 0 Å². The molecule has 1 rings (SSSR count). The van der Waals surface area contributed by atoms with E-state index < -0.39 is 0 Å². The summed E-state index contributed by atoms with van der Waals surface area (Å²) in [7, 11) is 0. The summed E-state index contributed by atoms with van der Waals surface area (Å²) in [5.41, 5.74) is 0.970. The smallest absolute Gasteiger partial charge is 0.0231 e. The van der Waals surface area contributed by atoms with Gasteiger partial charge in [-0.15, -0.1) is 11.5 Å². The second-order valence-corrected chi connectivity index (χ2v) is 3.79. The molecular weight excluding hydrogens is 152 g/mol. The predicted octanol–water partition coefficient (Wildman–Crippen LogP) is 0.541. The fourth-order valence-electron chi connectivity index (χ4n) is 1.48. The van der Waals surface area contributed by atoms with Gasteiger partial charge in [-0.1, -0.05) is 38.8 Å². The molecule has 68 valence electrons. The van der Waals surface area contributed by atoms with Gasteiger partial charge >= 0.3 is 0 Å². The number of rotatable bonds is 2. The maximum atomic E-state index is 11.4. The first-order chi connectivity index (χ1) is 5.46. The lowest BCUT2D eigenvalue weighted by Gasteiger charge is -2.43. The lowest BCUT2D eigenvalue weighted by atomic mass is 9.81. The van der Waals surface area contributed by atoms with Crippen LogP contribution in [0.5, 0.6) is 0 Å². The zero-order chi connectivity index (χ0) is 9.46. The third-order valence-electron chi connectivity index (χ3n) is 2.13. The number of allylic oxidation sites excluding steroid dienone is 2. The lowest BCUT2D eigenvalue weighted by molar-refractivity contribution is -0.334. The van der Waals surface area contributed by atoms with Crippen LogP contribution in [0.2, 0.25) is 0 Å². The molecule has 0 radical (unpaired) electrons. The lowest BCUT2D eigenvalue weighted by Crippen LogP contribution is -2.32. The Morgan fingerprint density at radius 3 is 1.17 bits per heavy atom. The van der Waals surface area contributed by atoms with Gasteiger partial charge < -0.3 is 10.2 Å². The monoisotopic (exact) mass is 166 g/mol. The molecule has 0 heterocycles. The maximum absolute atomic E-state index is 11.4. The largest absolute Gasteiger partial charge is 0.872 e. The van der Waals surface area contributed by atoms with Crippen LogP contribution in [-0.4, -0.2) is 0 Å². The van der Waals surface area contributed by atoms with Crippen molar-refractivity contribution in [2.75, 3.05) is 0 Å². The average Bonchev–Trinajstić information content (AvgIpc) is 1.84. The molecule has 0 aromatic rings. The summed E-state index contributed by atoms with van der Waals surface area (Å²) in [5.74, 6) is 0.134. The summed E-state index contributed by atoms with van der Waals surface area (Å²) < 4.78 is 0. The van der Waals surface area contributed by atoms with Crippen LogP contribution in [0.25, 0.3) is 0 Å². The normalized spacial score (nSPS) is 17.8. The van der Waals surface area contributed by atoms with Crippen LogP contribution in [0.4, 0.5) is 0 Å². The Kier molecular flexibility index (Phi) is 2.18. The van der Waals surface area contributed by atoms with E-state index in [0.717, 1.165) is 0 Å². The predicted molar refractivity (Wildman–Crippen MR) is 43.7 cm³/mol. The van der Waals surface area contributed by atoms with Gasteiger partial charge in [-0.3, -0.25) is 0 Å². The van der Waals surface area contributed by atoms with Gasteiger partial charge in [0, 0.05) is 0 Å². The van der Waals surface area contributed by atoms with Crippen LogP contribution in [0.3, 0.4) is 0 Å². The van der Waals surface area contributed by atoms with Crippen molar-refractivity contribution >= 4 is 0 Å². The third kappa shape index (κ3) is 1.11. The van der Waals surface area contributed by atoms with Gasteiger partial charge in [-0.2, -0.15) is 0 Å². The van der Waals surface area contributed by atoms with E-state index in [2.05, 4.69) is 0 Å².